The number of hydrogen-bond donors (Lipinski definition) is 1. The smallest absolute Gasteiger partial charge is 0.255 e. The Bertz CT molecular complexity index is 876. The second-order valence-electron chi connectivity index (χ2n) is 7.01. The van der Waals surface area contributed by atoms with Crippen molar-refractivity contribution in [2.75, 3.05) is 27.9 Å². The molecule has 0 radical (unpaired) electrons. The standard InChI is InChI=1S/C20H27N3O4/c1-12(2)19-21-15-6-7-23(11-14(15)20(24)22-19)10-13-8-17(26-4)18(27-5)9-16(13)25-3/h8-9,12H,6-7,10-11H2,1-5H3,(H,21,22,24). The molecule has 0 unspecified atom stereocenters. The molecule has 1 aliphatic rings. The molecule has 0 saturated carbocycles. The van der Waals surface area contributed by atoms with Gasteiger partial charge in [0.25, 0.3) is 5.56 Å². The summed E-state index contributed by atoms with van der Waals surface area (Å²) in [6, 6.07) is 3.76. The second-order valence-corrected chi connectivity index (χ2v) is 7.01. The number of fused-ring (bicyclic) bond motifs is 1. The van der Waals surface area contributed by atoms with Crippen LogP contribution in [0.1, 0.15) is 42.4 Å². The van der Waals surface area contributed by atoms with Gasteiger partial charge in [-0.2, -0.15) is 0 Å². The van der Waals surface area contributed by atoms with Gasteiger partial charge in [0.1, 0.15) is 11.6 Å². The molecule has 27 heavy (non-hydrogen) atoms. The maximum Gasteiger partial charge on any atom is 0.255 e. The highest BCUT2D eigenvalue weighted by atomic mass is 16.5. The van der Waals surface area contributed by atoms with Crippen molar-refractivity contribution in [2.45, 2.75) is 39.3 Å². The van der Waals surface area contributed by atoms with Gasteiger partial charge >= 0.3 is 0 Å². The highest BCUT2D eigenvalue weighted by molar-refractivity contribution is 5.50. The molecule has 0 saturated heterocycles. The molecule has 2 heterocycles. The topological polar surface area (TPSA) is 76.7 Å². The van der Waals surface area contributed by atoms with Crippen molar-refractivity contribution < 1.29 is 14.2 Å². The molecule has 2 aromatic rings. The zero-order chi connectivity index (χ0) is 19.6. The number of H-pyrrole nitrogens is 1. The zero-order valence-electron chi connectivity index (χ0n) is 16.6. The van der Waals surface area contributed by atoms with Gasteiger partial charge in [-0.25, -0.2) is 4.98 Å². The molecule has 0 fully saturated rings. The first-order valence-corrected chi connectivity index (χ1v) is 9.10. The lowest BCUT2D eigenvalue weighted by atomic mass is 10.0. The number of aromatic nitrogens is 2. The fourth-order valence-corrected chi connectivity index (χ4v) is 3.37. The van der Waals surface area contributed by atoms with Gasteiger partial charge in [0, 0.05) is 43.6 Å². The van der Waals surface area contributed by atoms with Crippen LogP contribution in [0.5, 0.6) is 17.2 Å². The average Bonchev–Trinajstić information content (AvgIpc) is 2.67. The van der Waals surface area contributed by atoms with Crippen LogP contribution in [0.25, 0.3) is 0 Å². The van der Waals surface area contributed by atoms with E-state index in [1.165, 1.54) is 0 Å². The summed E-state index contributed by atoms with van der Waals surface area (Å²) in [5, 5.41) is 0. The van der Waals surface area contributed by atoms with Gasteiger partial charge in [0.2, 0.25) is 0 Å². The predicted octanol–water partition coefficient (Wildman–Crippen LogP) is 2.48. The van der Waals surface area contributed by atoms with Crippen molar-refractivity contribution >= 4 is 0 Å². The molecule has 1 aromatic heterocycles. The third-order valence-electron chi connectivity index (χ3n) is 4.89. The minimum absolute atomic E-state index is 0.0346. The summed E-state index contributed by atoms with van der Waals surface area (Å²) in [5.41, 5.74) is 2.62. The van der Waals surface area contributed by atoms with Gasteiger partial charge in [-0.1, -0.05) is 13.8 Å². The quantitative estimate of drug-likeness (QED) is 0.838. The van der Waals surface area contributed by atoms with Crippen molar-refractivity contribution in [2.24, 2.45) is 0 Å². The highest BCUT2D eigenvalue weighted by Crippen LogP contribution is 2.35. The van der Waals surface area contributed by atoms with Gasteiger partial charge < -0.3 is 19.2 Å². The van der Waals surface area contributed by atoms with Crippen LogP contribution in [-0.2, 0) is 19.5 Å². The van der Waals surface area contributed by atoms with Crippen LogP contribution in [0.15, 0.2) is 16.9 Å². The monoisotopic (exact) mass is 373 g/mol. The average molecular weight is 373 g/mol. The molecule has 0 bridgehead atoms. The number of aromatic amines is 1. The minimum Gasteiger partial charge on any atom is -0.496 e. The fraction of sp³-hybridized carbons (Fsp3) is 0.500. The number of rotatable bonds is 6. The van der Waals surface area contributed by atoms with E-state index in [0.29, 0.717) is 24.6 Å². The fourth-order valence-electron chi connectivity index (χ4n) is 3.37. The van der Waals surface area contributed by atoms with Crippen molar-refractivity contribution in [1.29, 1.82) is 0 Å². The van der Waals surface area contributed by atoms with Crippen LogP contribution in [0.4, 0.5) is 0 Å². The second kappa shape index (κ2) is 8.00. The normalized spacial score (nSPS) is 14.1. The lowest BCUT2D eigenvalue weighted by molar-refractivity contribution is 0.237. The van der Waals surface area contributed by atoms with E-state index in [1.807, 2.05) is 26.0 Å². The summed E-state index contributed by atoms with van der Waals surface area (Å²) in [6.45, 7) is 6.10. The van der Waals surface area contributed by atoms with Crippen LogP contribution in [-0.4, -0.2) is 42.7 Å². The Balaban J connectivity index is 1.86. The number of nitrogens with zero attached hydrogens (tertiary/aromatic N) is 2. The number of ether oxygens (including phenoxy) is 3. The highest BCUT2D eigenvalue weighted by Gasteiger charge is 2.23. The molecular formula is C20H27N3O4. The van der Waals surface area contributed by atoms with E-state index >= 15 is 0 Å². The van der Waals surface area contributed by atoms with Crippen LogP contribution in [0, 0.1) is 0 Å². The molecule has 1 N–H and O–H groups in total. The SMILES string of the molecule is COc1cc(OC)c(OC)cc1CN1CCc2nc(C(C)C)[nH]c(=O)c2C1. The van der Waals surface area contributed by atoms with E-state index in [9.17, 15) is 4.79 Å². The maximum absolute atomic E-state index is 12.5. The van der Waals surface area contributed by atoms with Crippen molar-refractivity contribution in [3.63, 3.8) is 0 Å². The molecule has 3 rings (SSSR count). The molecule has 0 aliphatic carbocycles. The molecule has 7 heteroatoms. The molecule has 7 nitrogen and oxygen atoms in total. The summed E-state index contributed by atoms with van der Waals surface area (Å²) in [5.74, 6) is 2.99. The number of methoxy groups -OCH3 is 3. The summed E-state index contributed by atoms with van der Waals surface area (Å²) in [6.07, 6.45) is 0.759. The Morgan fingerprint density at radius 3 is 2.41 bits per heavy atom. The first-order chi connectivity index (χ1) is 13.0. The molecule has 146 valence electrons. The summed E-state index contributed by atoms with van der Waals surface area (Å²) in [4.78, 5) is 22.3. The summed E-state index contributed by atoms with van der Waals surface area (Å²) < 4.78 is 16.3. The van der Waals surface area contributed by atoms with E-state index in [2.05, 4.69) is 14.9 Å². The summed E-state index contributed by atoms with van der Waals surface area (Å²) >= 11 is 0. The Kier molecular flexibility index (Phi) is 5.70. The number of benzene rings is 1. The molecule has 0 spiro atoms. The number of nitrogens with one attached hydrogen (secondary N) is 1. The van der Waals surface area contributed by atoms with Crippen LogP contribution < -0.4 is 19.8 Å². The molecule has 1 aliphatic heterocycles. The first kappa shape index (κ1) is 19.2. The lowest BCUT2D eigenvalue weighted by Crippen LogP contribution is -2.36. The Morgan fingerprint density at radius 2 is 1.78 bits per heavy atom. The van der Waals surface area contributed by atoms with Gasteiger partial charge in [-0.3, -0.25) is 9.69 Å². The van der Waals surface area contributed by atoms with E-state index in [0.717, 1.165) is 41.4 Å². The first-order valence-electron chi connectivity index (χ1n) is 9.10. The minimum atomic E-state index is -0.0346. The molecule has 1 aromatic carbocycles. The third kappa shape index (κ3) is 3.93. The lowest BCUT2D eigenvalue weighted by Gasteiger charge is -2.28. The van der Waals surface area contributed by atoms with E-state index in [1.54, 1.807) is 21.3 Å². The number of hydrogen-bond acceptors (Lipinski definition) is 6. The Morgan fingerprint density at radius 1 is 1.11 bits per heavy atom. The van der Waals surface area contributed by atoms with E-state index < -0.39 is 0 Å². The maximum atomic E-state index is 12.5. The van der Waals surface area contributed by atoms with E-state index in [-0.39, 0.29) is 11.5 Å². The van der Waals surface area contributed by atoms with Crippen molar-refractivity contribution in [3.05, 3.63) is 45.1 Å². The van der Waals surface area contributed by atoms with Gasteiger partial charge in [-0.05, 0) is 6.07 Å². The van der Waals surface area contributed by atoms with Gasteiger partial charge in [-0.15, -0.1) is 0 Å². The Labute approximate surface area is 159 Å². The van der Waals surface area contributed by atoms with Crippen LogP contribution in [0.3, 0.4) is 0 Å². The molecule has 0 amide bonds. The predicted molar refractivity (Wildman–Crippen MR) is 103 cm³/mol. The Hall–Kier alpha value is -2.54. The van der Waals surface area contributed by atoms with Crippen LogP contribution >= 0.6 is 0 Å². The largest absolute Gasteiger partial charge is 0.496 e. The third-order valence-corrected chi connectivity index (χ3v) is 4.89. The zero-order valence-corrected chi connectivity index (χ0v) is 16.6. The van der Waals surface area contributed by atoms with Crippen molar-refractivity contribution in [3.8, 4) is 17.2 Å². The van der Waals surface area contributed by atoms with Gasteiger partial charge in [0.15, 0.2) is 11.5 Å². The van der Waals surface area contributed by atoms with Crippen LogP contribution in [0.2, 0.25) is 0 Å². The summed E-state index contributed by atoms with van der Waals surface area (Å²) in [7, 11) is 4.85. The van der Waals surface area contributed by atoms with E-state index in [4.69, 9.17) is 14.2 Å². The van der Waals surface area contributed by atoms with Gasteiger partial charge in [0.05, 0.1) is 32.6 Å². The molecule has 0 atom stereocenters. The van der Waals surface area contributed by atoms with Crippen molar-refractivity contribution in [1.82, 2.24) is 14.9 Å². The molecular weight excluding hydrogens is 346 g/mol.